The molecule has 0 saturated carbocycles. The van der Waals surface area contributed by atoms with Gasteiger partial charge in [0, 0.05) is 15.8 Å². The highest BCUT2D eigenvalue weighted by molar-refractivity contribution is 7.17. The van der Waals surface area contributed by atoms with Crippen LogP contribution in [-0.4, -0.2) is 44.3 Å². The zero-order valence-electron chi connectivity index (χ0n) is 17.0. The second-order valence-corrected chi connectivity index (χ2v) is 8.36. The molecule has 166 valence electrons. The topological polar surface area (TPSA) is 100 Å². The number of rotatable bonds is 7. The maximum atomic E-state index is 12.5. The Bertz CT molecular complexity index is 1140. The Morgan fingerprint density at radius 2 is 1.84 bits per heavy atom. The first-order valence-electron chi connectivity index (χ1n) is 9.76. The van der Waals surface area contributed by atoms with E-state index in [0.717, 1.165) is 4.88 Å². The summed E-state index contributed by atoms with van der Waals surface area (Å²) in [6.45, 7) is 2.25. The molecule has 0 bridgehead atoms. The van der Waals surface area contributed by atoms with Crippen molar-refractivity contribution in [3.8, 4) is 21.9 Å². The fourth-order valence-electron chi connectivity index (χ4n) is 3.02. The van der Waals surface area contributed by atoms with Crippen molar-refractivity contribution in [3.63, 3.8) is 0 Å². The highest BCUT2D eigenvalue weighted by Gasteiger charge is 2.24. The van der Waals surface area contributed by atoms with Gasteiger partial charge in [0.1, 0.15) is 23.8 Å². The molecule has 1 aromatic carbocycles. The summed E-state index contributed by atoms with van der Waals surface area (Å²) in [6.07, 6.45) is 0. The Morgan fingerprint density at radius 1 is 1.03 bits per heavy atom. The summed E-state index contributed by atoms with van der Waals surface area (Å²) in [6, 6.07) is 8.44. The van der Waals surface area contributed by atoms with Gasteiger partial charge in [0.2, 0.25) is 0 Å². The number of carbonyl (C=O) groups is 3. The Kier molecular flexibility index (Phi) is 6.72. The molecule has 8 nitrogen and oxygen atoms in total. The van der Waals surface area contributed by atoms with E-state index in [2.05, 4.69) is 5.32 Å². The molecule has 32 heavy (non-hydrogen) atoms. The Balaban J connectivity index is 1.43. The van der Waals surface area contributed by atoms with E-state index in [1.165, 1.54) is 28.7 Å². The van der Waals surface area contributed by atoms with Crippen LogP contribution in [0.3, 0.4) is 0 Å². The van der Waals surface area contributed by atoms with Crippen molar-refractivity contribution >= 4 is 45.5 Å². The van der Waals surface area contributed by atoms with Crippen molar-refractivity contribution in [1.29, 1.82) is 0 Å². The Hall–Kier alpha value is -3.37. The number of hydrogen-bond acceptors (Lipinski definition) is 9. The van der Waals surface area contributed by atoms with E-state index < -0.39 is 24.5 Å². The number of carbonyl (C=O) groups excluding carboxylic acids is 3. The van der Waals surface area contributed by atoms with E-state index in [1.54, 1.807) is 24.4 Å². The van der Waals surface area contributed by atoms with Gasteiger partial charge < -0.3 is 24.3 Å². The Morgan fingerprint density at radius 3 is 2.59 bits per heavy atom. The van der Waals surface area contributed by atoms with Gasteiger partial charge in [-0.2, -0.15) is 0 Å². The van der Waals surface area contributed by atoms with Crippen molar-refractivity contribution in [2.45, 2.75) is 6.92 Å². The third-order valence-corrected chi connectivity index (χ3v) is 6.22. The van der Waals surface area contributed by atoms with Gasteiger partial charge in [-0.25, -0.2) is 9.59 Å². The lowest BCUT2D eigenvalue weighted by Crippen LogP contribution is -2.22. The molecule has 1 aliphatic heterocycles. The van der Waals surface area contributed by atoms with Crippen LogP contribution in [-0.2, 0) is 14.3 Å². The third-order valence-electron chi connectivity index (χ3n) is 4.42. The maximum Gasteiger partial charge on any atom is 0.341 e. The number of hydrogen-bond donors (Lipinski definition) is 1. The van der Waals surface area contributed by atoms with Gasteiger partial charge in [0.25, 0.3) is 5.91 Å². The summed E-state index contributed by atoms with van der Waals surface area (Å²) in [5, 5.41) is 6.68. The van der Waals surface area contributed by atoms with Crippen molar-refractivity contribution in [2.24, 2.45) is 0 Å². The van der Waals surface area contributed by atoms with Crippen molar-refractivity contribution < 1.29 is 33.3 Å². The first-order valence-corrected chi connectivity index (χ1v) is 11.5. The monoisotopic (exact) mass is 473 g/mol. The van der Waals surface area contributed by atoms with E-state index >= 15 is 0 Å². The number of benzene rings is 1. The molecule has 0 atom stereocenters. The number of esters is 2. The van der Waals surface area contributed by atoms with Crippen LogP contribution in [0.25, 0.3) is 10.4 Å². The lowest BCUT2D eigenvalue weighted by atomic mass is 10.1. The zero-order valence-corrected chi connectivity index (χ0v) is 18.7. The largest absolute Gasteiger partial charge is 0.486 e. The minimum absolute atomic E-state index is 0.207. The molecule has 3 heterocycles. The van der Waals surface area contributed by atoms with Crippen LogP contribution in [0.15, 0.2) is 41.1 Å². The minimum atomic E-state index is -0.673. The lowest BCUT2D eigenvalue weighted by molar-refractivity contribution is -0.119. The van der Waals surface area contributed by atoms with Crippen LogP contribution in [0.5, 0.6) is 11.5 Å². The molecule has 0 aliphatic carbocycles. The number of nitrogens with one attached hydrogen (secondary N) is 1. The number of anilines is 1. The van der Waals surface area contributed by atoms with Crippen molar-refractivity contribution in [2.75, 3.05) is 31.7 Å². The molecular formula is C22H19NO7S2. The summed E-state index contributed by atoms with van der Waals surface area (Å²) in [5.74, 6) is -0.764. The average Bonchev–Trinajstić information content (AvgIpc) is 3.47. The van der Waals surface area contributed by atoms with Gasteiger partial charge in [0.05, 0.1) is 12.2 Å². The molecule has 4 rings (SSSR count). The summed E-state index contributed by atoms with van der Waals surface area (Å²) < 4.78 is 21.2. The molecule has 1 aliphatic rings. The van der Waals surface area contributed by atoms with Gasteiger partial charge in [0.15, 0.2) is 18.1 Å². The van der Waals surface area contributed by atoms with E-state index in [1.807, 2.05) is 17.5 Å². The number of ether oxygens (including phenoxy) is 4. The Labute approximate surface area is 191 Å². The zero-order chi connectivity index (χ0) is 22.5. The fourth-order valence-corrected chi connectivity index (χ4v) is 4.80. The van der Waals surface area contributed by atoms with Crippen LogP contribution in [0.1, 0.15) is 27.6 Å². The summed E-state index contributed by atoms with van der Waals surface area (Å²) in [4.78, 5) is 38.2. The normalized spacial score (nSPS) is 12.2. The molecule has 10 heteroatoms. The summed E-state index contributed by atoms with van der Waals surface area (Å²) >= 11 is 2.68. The van der Waals surface area contributed by atoms with Crippen LogP contribution < -0.4 is 14.8 Å². The second kappa shape index (κ2) is 9.84. The molecule has 3 aromatic rings. The first kappa shape index (κ1) is 21.8. The van der Waals surface area contributed by atoms with Crippen LogP contribution in [0.2, 0.25) is 0 Å². The number of amides is 1. The van der Waals surface area contributed by atoms with Gasteiger partial charge in [-0.1, -0.05) is 6.07 Å². The fraction of sp³-hybridized carbons (Fsp3) is 0.227. The van der Waals surface area contributed by atoms with Crippen LogP contribution >= 0.6 is 22.7 Å². The highest BCUT2D eigenvalue weighted by atomic mass is 32.1. The van der Waals surface area contributed by atoms with Crippen LogP contribution in [0, 0.1) is 0 Å². The standard InChI is InChI=1S/C22H19NO7S2/c1-2-27-22(26)19-14(17-4-3-9-31-17)12-32-20(19)23-18(24)11-30-21(25)13-5-6-15-16(10-13)29-8-7-28-15/h3-6,9-10,12H,2,7-8,11H2,1H3,(H,23,24). The number of fused-ring (bicyclic) bond motifs is 1. The van der Waals surface area contributed by atoms with Crippen molar-refractivity contribution in [1.82, 2.24) is 0 Å². The molecule has 1 N–H and O–H groups in total. The predicted molar refractivity (Wildman–Crippen MR) is 120 cm³/mol. The molecule has 0 fully saturated rings. The summed E-state index contributed by atoms with van der Waals surface area (Å²) in [7, 11) is 0. The van der Waals surface area contributed by atoms with Gasteiger partial charge >= 0.3 is 11.9 Å². The van der Waals surface area contributed by atoms with E-state index in [4.69, 9.17) is 18.9 Å². The van der Waals surface area contributed by atoms with E-state index in [0.29, 0.717) is 35.3 Å². The average molecular weight is 474 g/mol. The third kappa shape index (κ3) is 4.76. The minimum Gasteiger partial charge on any atom is -0.486 e. The van der Waals surface area contributed by atoms with E-state index in [9.17, 15) is 14.4 Å². The molecule has 0 unspecified atom stereocenters. The molecule has 0 saturated heterocycles. The molecule has 1 amide bonds. The molecule has 2 aromatic heterocycles. The lowest BCUT2D eigenvalue weighted by Gasteiger charge is -2.18. The number of thiophene rings is 2. The maximum absolute atomic E-state index is 12.5. The van der Waals surface area contributed by atoms with Gasteiger partial charge in [-0.05, 0) is 36.6 Å². The van der Waals surface area contributed by atoms with Gasteiger partial charge in [-0.3, -0.25) is 4.79 Å². The second-order valence-electron chi connectivity index (χ2n) is 6.53. The van der Waals surface area contributed by atoms with Crippen molar-refractivity contribution in [3.05, 3.63) is 52.2 Å². The SMILES string of the molecule is CCOC(=O)c1c(-c2cccs2)csc1NC(=O)COC(=O)c1ccc2c(c1)OCCO2. The molecule has 0 spiro atoms. The summed E-state index contributed by atoms with van der Waals surface area (Å²) in [5.41, 5.74) is 1.21. The molecular weight excluding hydrogens is 454 g/mol. The quantitative estimate of drug-likeness (QED) is 0.513. The highest BCUT2D eigenvalue weighted by Crippen LogP contribution is 2.38. The first-order chi connectivity index (χ1) is 15.6. The molecule has 0 radical (unpaired) electrons. The smallest absolute Gasteiger partial charge is 0.341 e. The van der Waals surface area contributed by atoms with E-state index in [-0.39, 0.29) is 17.7 Å². The predicted octanol–water partition coefficient (Wildman–Crippen LogP) is 4.22. The van der Waals surface area contributed by atoms with Gasteiger partial charge in [-0.15, -0.1) is 22.7 Å². The van der Waals surface area contributed by atoms with Crippen LogP contribution in [0.4, 0.5) is 5.00 Å².